The molecule has 0 aliphatic heterocycles. The minimum absolute atomic E-state index is 0.365. The number of isocyanates is 1. The highest BCUT2D eigenvalue weighted by molar-refractivity contribution is 5.72. The van der Waals surface area contributed by atoms with Gasteiger partial charge in [-0.25, -0.2) is 4.79 Å². The Labute approximate surface area is 97.7 Å². The van der Waals surface area contributed by atoms with E-state index in [1.807, 2.05) is 25.1 Å². The van der Waals surface area contributed by atoms with E-state index < -0.39 is 0 Å². The summed E-state index contributed by atoms with van der Waals surface area (Å²) >= 11 is 0. The Morgan fingerprint density at radius 3 is 2.94 bits per heavy atom. The van der Waals surface area contributed by atoms with Crippen molar-refractivity contribution < 1.29 is 14.1 Å². The molecule has 0 fully saturated rings. The second-order valence-corrected chi connectivity index (χ2v) is 3.43. The summed E-state index contributed by atoms with van der Waals surface area (Å²) in [5, 5.41) is 3.61. The van der Waals surface area contributed by atoms with Gasteiger partial charge in [0.1, 0.15) is 11.4 Å². The molecule has 0 saturated carbocycles. The van der Waals surface area contributed by atoms with Gasteiger partial charge in [-0.15, -0.1) is 0 Å². The van der Waals surface area contributed by atoms with Crippen LogP contribution in [-0.2, 0) is 4.79 Å². The van der Waals surface area contributed by atoms with Gasteiger partial charge in [-0.05, 0) is 30.7 Å². The minimum Gasteiger partial charge on any atom is -0.496 e. The van der Waals surface area contributed by atoms with Gasteiger partial charge in [0.05, 0.1) is 13.3 Å². The van der Waals surface area contributed by atoms with E-state index >= 15 is 0 Å². The molecule has 1 aromatic carbocycles. The van der Waals surface area contributed by atoms with Crippen LogP contribution < -0.4 is 4.74 Å². The molecule has 1 heterocycles. The SMILES string of the molecule is COc1ccc(-c2oncc2N=C=O)cc1C. The Bertz CT molecular complexity index is 583. The van der Waals surface area contributed by atoms with Crippen molar-refractivity contribution in [3.8, 4) is 17.1 Å². The number of rotatable bonds is 3. The first-order valence-electron chi connectivity index (χ1n) is 4.94. The summed E-state index contributed by atoms with van der Waals surface area (Å²) in [6.45, 7) is 1.92. The highest BCUT2D eigenvalue weighted by Crippen LogP contribution is 2.32. The molecule has 0 amide bonds. The third-order valence-electron chi connectivity index (χ3n) is 2.37. The molecule has 0 atom stereocenters. The molecular formula is C12H10N2O3. The lowest BCUT2D eigenvalue weighted by Gasteiger charge is -2.05. The van der Waals surface area contributed by atoms with Gasteiger partial charge < -0.3 is 9.26 Å². The van der Waals surface area contributed by atoms with Gasteiger partial charge >= 0.3 is 0 Å². The van der Waals surface area contributed by atoms with Crippen molar-refractivity contribution in [2.24, 2.45) is 4.99 Å². The van der Waals surface area contributed by atoms with Gasteiger partial charge in [-0.1, -0.05) is 5.16 Å². The van der Waals surface area contributed by atoms with E-state index in [1.54, 1.807) is 7.11 Å². The summed E-state index contributed by atoms with van der Waals surface area (Å²) in [5.41, 5.74) is 2.11. The minimum atomic E-state index is 0.365. The van der Waals surface area contributed by atoms with Crippen molar-refractivity contribution in [1.82, 2.24) is 5.16 Å². The molecule has 5 nitrogen and oxygen atoms in total. The number of aliphatic imine (C=N–C) groups is 1. The third kappa shape index (κ3) is 2.09. The van der Waals surface area contributed by atoms with Crippen LogP contribution in [0.2, 0.25) is 0 Å². The zero-order chi connectivity index (χ0) is 12.3. The standard InChI is InChI=1S/C12H10N2O3/c1-8-5-9(3-4-11(8)16-2)12-10(13-7-15)6-14-17-12/h3-6H,1-2H3. The first-order chi connectivity index (χ1) is 8.26. The Morgan fingerprint density at radius 1 is 1.47 bits per heavy atom. The molecule has 0 spiro atoms. The molecule has 17 heavy (non-hydrogen) atoms. The highest BCUT2D eigenvalue weighted by Gasteiger charge is 2.11. The molecule has 1 aromatic heterocycles. The van der Waals surface area contributed by atoms with Gasteiger partial charge in [0.15, 0.2) is 5.76 Å². The number of methoxy groups -OCH3 is 1. The summed E-state index contributed by atoms with van der Waals surface area (Å²) in [7, 11) is 1.61. The monoisotopic (exact) mass is 230 g/mol. The van der Waals surface area contributed by atoms with Crippen molar-refractivity contribution in [2.75, 3.05) is 7.11 Å². The smallest absolute Gasteiger partial charge is 0.240 e. The molecule has 0 radical (unpaired) electrons. The van der Waals surface area contributed by atoms with Crippen molar-refractivity contribution in [3.05, 3.63) is 30.0 Å². The number of ether oxygens (including phenoxy) is 1. The van der Waals surface area contributed by atoms with Crippen molar-refractivity contribution in [3.63, 3.8) is 0 Å². The molecular weight excluding hydrogens is 220 g/mol. The molecule has 0 aliphatic carbocycles. The fourth-order valence-corrected chi connectivity index (χ4v) is 1.58. The van der Waals surface area contributed by atoms with E-state index in [4.69, 9.17) is 9.26 Å². The Hall–Kier alpha value is -2.39. The molecule has 0 saturated heterocycles. The van der Waals surface area contributed by atoms with E-state index in [9.17, 15) is 4.79 Å². The Balaban J connectivity index is 2.49. The number of benzene rings is 1. The number of carbonyl (C=O) groups excluding carboxylic acids is 1. The maximum atomic E-state index is 10.2. The zero-order valence-corrected chi connectivity index (χ0v) is 9.43. The molecule has 0 bridgehead atoms. The van der Waals surface area contributed by atoms with E-state index in [2.05, 4.69) is 10.1 Å². The van der Waals surface area contributed by atoms with Gasteiger partial charge in [0, 0.05) is 5.56 Å². The van der Waals surface area contributed by atoms with Crippen LogP contribution in [0.1, 0.15) is 5.56 Å². The molecule has 0 unspecified atom stereocenters. The molecule has 5 heteroatoms. The third-order valence-corrected chi connectivity index (χ3v) is 2.37. The summed E-state index contributed by atoms with van der Waals surface area (Å²) in [6, 6.07) is 5.51. The van der Waals surface area contributed by atoms with Crippen LogP contribution in [0.3, 0.4) is 0 Å². The van der Waals surface area contributed by atoms with Crippen molar-refractivity contribution >= 4 is 11.8 Å². The van der Waals surface area contributed by atoms with Gasteiger partial charge in [0.2, 0.25) is 6.08 Å². The van der Waals surface area contributed by atoms with Crippen molar-refractivity contribution in [2.45, 2.75) is 6.92 Å². The maximum Gasteiger partial charge on any atom is 0.240 e. The summed E-state index contributed by atoms with van der Waals surface area (Å²) < 4.78 is 10.2. The largest absolute Gasteiger partial charge is 0.496 e. The lowest BCUT2D eigenvalue weighted by molar-refractivity contribution is 0.411. The first kappa shape index (κ1) is 11.1. The quantitative estimate of drug-likeness (QED) is 0.600. The maximum absolute atomic E-state index is 10.2. The van der Waals surface area contributed by atoms with E-state index in [1.165, 1.54) is 12.3 Å². The lowest BCUT2D eigenvalue weighted by Crippen LogP contribution is -1.87. The van der Waals surface area contributed by atoms with Crippen LogP contribution in [-0.4, -0.2) is 18.3 Å². The summed E-state index contributed by atoms with van der Waals surface area (Å²) in [4.78, 5) is 13.8. The van der Waals surface area contributed by atoms with Crippen LogP contribution in [0.4, 0.5) is 5.69 Å². The van der Waals surface area contributed by atoms with Crippen LogP contribution in [0.15, 0.2) is 33.9 Å². The Morgan fingerprint density at radius 2 is 2.29 bits per heavy atom. The summed E-state index contributed by atoms with van der Waals surface area (Å²) in [5.74, 6) is 1.23. The number of hydrogen-bond acceptors (Lipinski definition) is 5. The molecule has 0 aliphatic rings. The number of nitrogens with zero attached hydrogens (tertiary/aromatic N) is 2. The normalized spacial score (nSPS) is 9.76. The first-order valence-corrected chi connectivity index (χ1v) is 4.94. The van der Waals surface area contributed by atoms with Gasteiger partial charge in [-0.2, -0.15) is 4.99 Å². The van der Waals surface area contributed by atoms with E-state index in [-0.39, 0.29) is 0 Å². The average molecular weight is 230 g/mol. The van der Waals surface area contributed by atoms with E-state index in [0.29, 0.717) is 11.4 Å². The number of aryl methyl sites for hydroxylation is 1. The second kappa shape index (κ2) is 4.63. The lowest BCUT2D eigenvalue weighted by atomic mass is 10.1. The van der Waals surface area contributed by atoms with Crippen molar-refractivity contribution in [1.29, 1.82) is 0 Å². The molecule has 2 aromatic rings. The predicted molar refractivity (Wildman–Crippen MR) is 61.0 cm³/mol. The second-order valence-electron chi connectivity index (χ2n) is 3.43. The Kier molecular flexibility index (Phi) is 3.03. The summed E-state index contributed by atoms with van der Waals surface area (Å²) in [6.07, 6.45) is 2.84. The number of hydrogen-bond donors (Lipinski definition) is 0. The fourth-order valence-electron chi connectivity index (χ4n) is 1.58. The van der Waals surface area contributed by atoms with E-state index in [0.717, 1.165) is 16.9 Å². The van der Waals surface area contributed by atoms with Crippen LogP contribution in [0.25, 0.3) is 11.3 Å². The highest BCUT2D eigenvalue weighted by atomic mass is 16.5. The average Bonchev–Trinajstić information content (AvgIpc) is 2.78. The van der Waals surface area contributed by atoms with Gasteiger partial charge in [0.25, 0.3) is 0 Å². The predicted octanol–water partition coefficient (Wildman–Crippen LogP) is 2.63. The number of aromatic nitrogens is 1. The van der Waals surface area contributed by atoms with Crippen LogP contribution >= 0.6 is 0 Å². The molecule has 86 valence electrons. The fraction of sp³-hybridized carbons (Fsp3) is 0.167. The molecule has 0 N–H and O–H groups in total. The topological polar surface area (TPSA) is 64.7 Å². The molecule has 2 rings (SSSR count). The van der Waals surface area contributed by atoms with Crippen LogP contribution in [0, 0.1) is 6.92 Å². The zero-order valence-electron chi connectivity index (χ0n) is 9.43. The van der Waals surface area contributed by atoms with Gasteiger partial charge in [-0.3, -0.25) is 0 Å². The van der Waals surface area contributed by atoms with Crippen LogP contribution in [0.5, 0.6) is 5.75 Å².